The number of benzene rings is 2. The van der Waals surface area contributed by atoms with Crippen LogP contribution in [0, 0.1) is 0 Å². The van der Waals surface area contributed by atoms with Crippen molar-refractivity contribution in [2.75, 3.05) is 11.9 Å². The van der Waals surface area contributed by atoms with Crippen LogP contribution in [-0.2, 0) is 11.3 Å². The number of hydrogen-bond donors (Lipinski definition) is 4. The number of hydroxylamine groups is 1. The zero-order valence-corrected chi connectivity index (χ0v) is 12.9. The summed E-state index contributed by atoms with van der Waals surface area (Å²) in [6.07, 6.45) is 0. The van der Waals surface area contributed by atoms with Gasteiger partial charge in [-0.2, -0.15) is 0 Å². The Bertz CT molecular complexity index is 689. The Morgan fingerprint density at radius 1 is 1.09 bits per heavy atom. The van der Waals surface area contributed by atoms with Crippen molar-refractivity contribution < 1.29 is 14.8 Å². The van der Waals surface area contributed by atoms with Crippen molar-refractivity contribution in [3.63, 3.8) is 0 Å². The number of hydrogen-bond acceptors (Lipinski definition) is 4. The quantitative estimate of drug-likeness (QED) is 0.482. The lowest BCUT2D eigenvalue weighted by molar-refractivity contribution is -0.115. The van der Waals surface area contributed by atoms with Crippen LogP contribution in [0.2, 0.25) is 5.02 Å². The molecule has 0 saturated carbocycles. The molecular formula is C16H16ClN3O3. The molecule has 4 N–H and O–H groups in total. The van der Waals surface area contributed by atoms with E-state index in [1.807, 2.05) is 0 Å². The molecule has 2 amide bonds. The highest BCUT2D eigenvalue weighted by Gasteiger charge is 2.05. The number of carbonyl (C=O) groups is 2. The lowest BCUT2D eigenvalue weighted by Gasteiger charge is -2.07. The fourth-order valence-corrected chi connectivity index (χ4v) is 2.12. The van der Waals surface area contributed by atoms with Crippen molar-refractivity contribution in [3.8, 4) is 0 Å². The van der Waals surface area contributed by atoms with Crippen molar-refractivity contribution >= 4 is 29.1 Å². The van der Waals surface area contributed by atoms with Gasteiger partial charge < -0.3 is 10.6 Å². The molecule has 0 spiro atoms. The average molecular weight is 334 g/mol. The summed E-state index contributed by atoms with van der Waals surface area (Å²) < 4.78 is 0. The van der Waals surface area contributed by atoms with Crippen LogP contribution in [0.1, 0.15) is 15.9 Å². The molecule has 0 aliphatic heterocycles. The summed E-state index contributed by atoms with van der Waals surface area (Å²) in [4.78, 5) is 23.0. The monoisotopic (exact) mass is 333 g/mol. The number of carbonyl (C=O) groups excluding carboxylic acids is 2. The van der Waals surface area contributed by atoms with E-state index in [1.54, 1.807) is 54.0 Å². The Balaban J connectivity index is 1.78. The minimum Gasteiger partial charge on any atom is -0.325 e. The Morgan fingerprint density at radius 3 is 2.48 bits per heavy atom. The second-order valence-electron chi connectivity index (χ2n) is 4.80. The summed E-state index contributed by atoms with van der Waals surface area (Å²) in [5.41, 5.74) is 3.48. The smallest absolute Gasteiger partial charge is 0.274 e. The third kappa shape index (κ3) is 5.37. The van der Waals surface area contributed by atoms with Gasteiger partial charge in [-0.25, -0.2) is 5.48 Å². The van der Waals surface area contributed by atoms with Gasteiger partial charge in [-0.3, -0.25) is 14.8 Å². The molecule has 2 rings (SSSR count). The predicted octanol–water partition coefficient (Wildman–Crippen LogP) is 2.19. The lowest BCUT2D eigenvalue weighted by atomic mass is 10.1. The van der Waals surface area contributed by atoms with Crippen LogP contribution in [0.15, 0.2) is 48.5 Å². The zero-order valence-electron chi connectivity index (χ0n) is 12.2. The van der Waals surface area contributed by atoms with E-state index in [2.05, 4.69) is 10.6 Å². The molecule has 0 fully saturated rings. The normalized spacial score (nSPS) is 10.2. The highest BCUT2D eigenvalue weighted by atomic mass is 35.5. The lowest BCUT2D eigenvalue weighted by Crippen LogP contribution is -2.27. The van der Waals surface area contributed by atoms with E-state index in [-0.39, 0.29) is 12.5 Å². The minimum absolute atomic E-state index is 0.144. The molecule has 0 saturated heterocycles. The summed E-state index contributed by atoms with van der Waals surface area (Å²) in [6, 6.07) is 13.6. The third-order valence-electron chi connectivity index (χ3n) is 3.04. The van der Waals surface area contributed by atoms with Crippen LogP contribution in [-0.4, -0.2) is 23.6 Å². The maximum absolute atomic E-state index is 11.8. The molecule has 0 aromatic heterocycles. The van der Waals surface area contributed by atoms with Gasteiger partial charge in [0, 0.05) is 22.8 Å². The van der Waals surface area contributed by atoms with Crippen molar-refractivity contribution in [1.82, 2.24) is 10.8 Å². The number of anilines is 1. The van der Waals surface area contributed by atoms with Gasteiger partial charge >= 0.3 is 0 Å². The van der Waals surface area contributed by atoms with E-state index < -0.39 is 5.91 Å². The van der Waals surface area contributed by atoms with Gasteiger partial charge in [0.1, 0.15) is 0 Å². The van der Waals surface area contributed by atoms with Gasteiger partial charge in [-0.05, 0) is 35.9 Å². The fourth-order valence-electron chi connectivity index (χ4n) is 1.93. The molecule has 7 heteroatoms. The largest absolute Gasteiger partial charge is 0.325 e. The van der Waals surface area contributed by atoms with Crippen LogP contribution in [0.3, 0.4) is 0 Å². The second-order valence-corrected chi connectivity index (χ2v) is 5.24. The van der Waals surface area contributed by atoms with Crippen molar-refractivity contribution in [2.24, 2.45) is 0 Å². The van der Waals surface area contributed by atoms with Gasteiger partial charge in [0.2, 0.25) is 5.91 Å². The SMILES string of the molecule is O=C(CNCc1ccc(C(=O)NO)cc1)Nc1cccc(Cl)c1. The molecule has 23 heavy (non-hydrogen) atoms. The van der Waals surface area contributed by atoms with Gasteiger partial charge in [0.25, 0.3) is 5.91 Å². The van der Waals surface area contributed by atoms with E-state index in [4.69, 9.17) is 16.8 Å². The van der Waals surface area contributed by atoms with Crippen LogP contribution >= 0.6 is 11.6 Å². The third-order valence-corrected chi connectivity index (χ3v) is 3.28. The van der Waals surface area contributed by atoms with E-state index >= 15 is 0 Å². The van der Waals surface area contributed by atoms with Gasteiger partial charge in [0.15, 0.2) is 0 Å². The van der Waals surface area contributed by atoms with Crippen molar-refractivity contribution in [1.29, 1.82) is 0 Å². The minimum atomic E-state index is -0.564. The average Bonchev–Trinajstić information content (AvgIpc) is 2.55. The predicted molar refractivity (Wildman–Crippen MR) is 87.5 cm³/mol. The molecular weight excluding hydrogens is 318 g/mol. The summed E-state index contributed by atoms with van der Waals surface area (Å²) in [5, 5.41) is 14.8. The maximum atomic E-state index is 11.8. The number of amides is 2. The first kappa shape index (κ1) is 17.0. The molecule has 6 nitrogen and oxygen atoms in total. The highest BCUT2D eigenvalue weighted by molar-refractivity contribution is 6.30. The Kier molecular flexibility index (Phi) is 6.10. The molecule has 0 bridgehead atoms. The molecule has 0 unspecified atom stereocenters. The van der Waals surface area contributed by atoms with Gasteiger partial charge in [-0.15, -0.1) is 0 Å². The molecule has 120 valence electrons. The molecule has 0 heterocycles. The Labute approximate surface area is 138 Å². The molecule has 2 aromatic rings. The Hall–Kier alpha value is -2.41. The van der Waals surface area contributed by atoms with E-state index in [9.17, 15) is 9.59 Å². The summed E-state index contributed by atoms with van der Waals surface area (Å²) in [5.74, 6) is -0.742. The molecule has 0 aliphatic rings. The van der Waals surface area contributed by atoms with Crippen LogP contribution < -0.4 is 16.1 Å². The zero-order chi connectivity index (χ0) is 16.7. The molecule has 0 radical (unpaired) electrons. The fraction of sp³-hybridized carbons (Fsp3) is 0.125. The summed E-state index contributed by atoms with van der Waals surface area (Å²) in [7, 11) is 0. The molecule has 2 aromatic carbocycles. The van der Waals surface area contributed by atoms with Gasteiger partial charge in [-0.1, -0.05) is 29.8 Å². The number of nitrogens with one attached hydrogen (secondary N) is 3. The van der Waals surface area contributed by atoms with Crippen LogP contribution in [0.25, 0.3) is 0 Å². The number of rotatable bonds is 6. The van der Waals surface area contributed by atoms with E-state index in [0.29, 0.717) is 22.8 Å². The first-order valence-electron chi connectivity index (χ1n) is 6.88. The van der Waals surface area contributed by atoms with Gasteiger partial charge in [0.05, 0.1) is 6.54 Å². The number of halogens is 1. The molecule has 0 aliphatic carbocycles. The van der Waals surface area contributed by atoms with Crippen molar-refractivity contribution in [2.45, 2.75) is 6.54 Å². The summed E-state index contributed by atoms with van der Waals surface area (Å²) in [6.45, 7) is 0.620. The van der Waals surface area contributed by atoms with Crippen LogP contribution in [0.5, 0.6) is 0 Å². The van der Waals surface area contributed by atoms with Crippen molar-refractivity contribution in [3.05, 3.63) is 64.7 Å². The van der Waals surface area contributed by atoms with Crippen LogP contribution in [0.4, 0.5) is 5.69 Å². The summed E-state index contributed by atoms with van der Waals surface area (Å²) >= 11 is 5.85. The molecule has 0 atom stereocenters. The first-order chi connectivity index (χ1) is 11.1. The second kappa shape index (κ2) is 8.28. The maximum Gasteiger partial charge on any atom is 0.274 e. The van der Waals surface area contributed by atoms with E-state index in [1.165, 1.54) is 0 Å². The highest BCUT2D eigenvalue weighted by Crippen LogP contribution is 2.14. The first-order valence-corrected chi connectivity index (χ1v) is 7.26. The Morgan fingerprint density at radius 2 is 1.83 bits per heavy atom. The van der Waals surface area contributed by atoms with E-state index in [0.717, 1.165) is 5.56 Å². The standard InChI is InChI=1S/C16H16ClN3O3/c17-13-2-1-3-14(8-13)19-15(21)10-18-9-11-4-6-12(7-5-11)16(22)20-23/h1-8,18,23H,9-10H2,(H,19,21)(H,20,22). The topological polar surface area (TPSA) is 90.5 Å².